The first-order chi connectivity index (χ1) is 9.17. The van der Waals surface area contributed by atoms with E-state index in [-0.39, 0.29) is 12.6 Å². The Morgan fingerprint density at radius 3 is 2.63 bits per heavy atom. The van der Waals surface area contributed by atoms with Crippen molar-refractivity contribution in [3.05, 3.63) is 23.5 Å². The summed E-state index contributed by atoms with van der Waals surface area (Å²) in [6, 6.07) is 4.06. The second-order valence-corrected chi connectivity index (χ2v) is 5.40. The Morgan fingerprint density at radius 2 is 1.95 bits per heavy atom. The third-order valence-electron chi connectivity index (χ3n) is 3.82. The molecule has 0 aromatic carbocycles. The van der Waals surface area contributed by atoms with E-state index >= 15 is 0 Å². The highest BCUT2D eigenvalue weighted by molar-refractivity contribution is 5.52. The molecule has 0 amide bonds. The number of halogens is 1. The van der Waals surface area contributed by atoms with Crippen molar-refractivity contribution in [3.8, 4) is 0 Å². The average Bonchev–Trinajstić information content (AvgIpc) is 2.78. The number of hydrogen-bond donors (Lipinski definition) is 0. The van der Waals surface area contributed by atoms with Gasteiger partial charge in [-0.1, -0.05) is 0 Å². The molecule has 0 saturated carbocycles. The van der Waals surface area contributed by atoms with Crippen LogP contribution in [0.15, 0.2) is 12.1 Å². The van der Waals surface area contributed by atoms with E-state index in [9.17, 15) is 4.39 Å². The molecule has 2 aromatic heterocycles. The fourth-order valence-corrected chi connectivity index (χ4v) is 2.74. The summed E-state index contributed by atoms with van der Waals surface area (Å²) in [5, 5.41) is 4.51. The van der Waals surface area contributed by atoms with E-state index in [1.807, 2.05) is 24.4 Å². The van der Waals surface area contributed by atoms with Gasteiger partial charge in [-0.2, -0.15) is 9.61 Å². The molecule has 0 unspecified atom stereocenters. The van der Waals surface area contributed by atoms with Crippen LogP contribution >= 0.6 is 0 Å². The van der Waals surface area contributed by atoms with Gasteiger partial charge in [-0.25, -0.2) is 4.98 Å². The molecule has 4 nitrogen and oxygen atoms in total. The number of nitrogens with zero attached hydrogens (tertiary/aromatic N) is 4. The number of fused-ring (bicyclic) bond motifs is 1. The van der Waals surface area contributed by atoms with Crippen LogP contribution < -0.4 is 4.90 Å². The lowest BCUT2D eigenvalue weighted by Gasteiger charge is -2.32. The van der Waals surface area contributed by atoms with Crippen LogP contribution in [0.5, 0.6) is 0 Å². The lowest BCUT2D eigenvalue weighted by molar-refractivity contribution is 0.306. The van der Waals surface area contributed by atoms with Gasteiger partial charge in [0.05, 0.1) is 12.4 Å². The second kappa shape index (κ2) is 4.79. The summed E-state index contributed by atoms with van der Waals surface area (Å²) in [7, 11) is 0. The molecule has 0 N–H and O–H groups in total. The normalized spacial score (nSPS) is 17.3. The number of hydrogen-bond acceptors (Lipinski definition) is 3. The summed E-state index contributed by atoms with van der Waals surface area (Å²) in [6.45, 7) is 5.57. The maximum Gasteiger partial charge on any atom is 0.157 e. The molecule has 3 heterocycles. The Labute approximate surface area is 112 Å². The topological polar surface area (TPSA) is 33.4 Å². The average molecular weight is 262 g/mol. The highest BCUT2D eigenvalue weighted by atomic mass is 19.1. The van der Waals surface area contributed by atoms with Crippen LogP contribution in [0.25, 0.3) is 5.65 Å². The summed E-state index contributed by atoms with van der Waals surface area (Å²) < 4.78 is 14.6. The van der Waals surface area contributed by atoms with Crippen molar-refractivity contribution in [3.63, 3.8) is 0 Å². The number of aromatic nitrogens is 3. The summed E-state index contributed by atoms with van der Waals surface area (Å²) in [5.74, 6) is 1.31. The van der Waals surface area contributed by atoms with Gasteiger partial charge in [-0.05, 0) is 32.6 Å². The Kier molecular flexibility index (Phi) is 3.12. The highest BCUT2D eigenvalue weighted by Gasteiger charge is 2.21. The van der Waals surface area contributed by atoms with Crippen LogP contribution in [0.3, 0.4) is 0 Å². The van der Waals surface area contributed by atoms with Gasteiger partial charge >= 0.3 is 0 Å². The molecular formula is C14H19FN4. The number of alkyl halides is 1. The second-order valence-electron chi connectivity index (χ2n) is 5.40. The van der Waals surface area contributed by atoms with Gasteiger partial charge in [-0.3, -0.25) is 4.39 Å². The van der Waals surface area contributed by atoms with Crippen molar-refractivity contribution in [2.24, 2.45) is 5.92 Å². The number of aryl methyl sites for hydroxylation is 2. The zero-order valence-corrected chi connectivity index (χ0v) is 11.4. The Bertz CT molecular complexity index is 584. The zero-order valence-electron chi connectivity index (χ0n) is 11.4. The lowest BCUT2D eigenvalue weighted by Crippen LogP contribution is -2.35. The predicted octanol–water partition coefficient (Wildman–Crippen LogP) is 2.53. The monoisotopic (exact) mass is 262 g/mol. The number of anilines is 1. The molecule has 1 aliphatic rings. The molecule has 19 heavy (non-hydrogen) atoms. The van der Waals surface area contributed by atoms with Crippen molar-refractivity contribution in [2.45, 2.75) is 26.7 Å². The van der Waals surface area contributed by atoms with E-state index in [0.29, 0.717) is 0 Å². The Morgan fingerprint density at radius 1 is 1.21 bits per heavy atom. The SMILES string of the molecule is Cc1cc(N2CCC(CF)CC2)n2nc(C)cc2n1. The van der Waals surface area contributed by atoms with Crippen molar-refractivity contribution < 1.29 is 4.39 Å². The van der Waals surface area contributed by atoms with Crippen LogP contribution in [-0.4, -0.2) is 34.4 Å². The number of piperidine rings is 1. The zero-order chi connectivity index (χ0) is 13.4. The fourth-order valence-electron chi connectivity index (χ4n) is 2.74. The molecule has 0 spiro atoms. The third kappa shape index (κ3) is 2.29. The van der Waals surface area contributed by atoms with Gasteiger partial charge in [0.2, 0.25) is 0 Å². The number of rotatable bonds is 2. The predicted molar refractivity (Wildman–Crippen MR) is 73.4 cm³/mol. The Balaban J connectivity index is 1.96. The van der Waals surface area contributed by atoms with Crippen molar-refractivity contribution in [2.75, 3.05) is 24.7 Å². The van der Waals surface area contributed by atoms with Gasteiger partial charge in [0.15, 0.2) is 5.65 Å². The largest absolute Gasteiger partial charge is 0.356 e. The van der Waals surface area contributed by atoms with Crippen molar-refractivity contribution in [1.29, 1.82) is 0 Å². The molecule has 3 rings (SSSR count). The van der Waals surface area contributed by atoms with Crippen molar-refractivity contribution >= 4 is 11.5 Å². The summed E-state index contributed by atoms with van der Waals surface area (Å²) in [6.07, 6.45) is 1.83. The van der Waals surface area contributed by atoms with Gasteiger partial charge in [0.25, 0.3) is 0 Å². The van der Waals surface area contributed by atoms with Gasteiger partial charge in [0.1, 0.15) is 5.82 Å². The van der Waals surface area contributed by atoms with Gasteiger partial charge in [-0.15, -0.1) is 0 Å². The van der Waals surface area contributed by atoms with E-state index < -0.39 is 0 Å². The first-order valence-corrected chi connectivity index (χ1v) is 6.82. The maximum atomic E-state index is 12.7. The van der Waals surface area contributed by atoms with Crippen LogP contribution in [0, 0.1) is 19.8 Å². The van der Waals surface area contributed by atoms with E-state index in [2.05, 4.69) is 21.0 Å². The molecule has 1 fully saturated rings. The van der Waals surface area contributed by atoms with E-state index in [0.717, 1.165) is 48.8 Å². The summed E-state index contributed by atoms with van der Waals surface area (Å²) >= 11 is 0. The quantitative estimate of drug-likeness (QED) is 0.834. The van der Waals surface area contributed by atoms with Crippen LogP contribution in [0.2, 0.25) is 0 Å². The molecule has 0 radical (unpaired) electrons. The van der Waals surface area contributed by atoms with Crippen LogP contribution in [0.4, 0.5) is 10.2 Å². The molecule has 0 bridgehead atoms. The van der Waals surface area contributed by atoms with Gasteiger partial charge in [0, 0.05) is 30.9 Å². The van der Waals surface area contributed by atoms with E-state index in [1.54, 1.807) is 0 Å². The van der Waals surface area contributed by atoms with Crippen molar-refractivity contribution in [1.82, 2.24) is 14.6 Å². The Hall–Kier alpha value is -1.65. The molecule has 0 aliphatic carbocycles. The third-order valence-corrected chi connectivity index (χ3v) is 3.82. The van der Waals surface area contributed by atoms with E-state index in [4.69, 9.17) is 0 Å². The molecule has 1 saturated heterocycles. The molecule has 1 aliphatic heterocycles. The molecule has 5 heteroatoms. The first-order valence-electron chi connectivity index (χ1n) is 6.82. The van der Waals surface area contributed by atoms with Crippen LogP contribution in [0.1, 0.15) is 24.2 Å². The smallest absolute Gasteiger partial charge is 0.157 e. The summed E-state index contributed by atoms with van der Waals surface area (Å²) in [5.41, 5.74) is 2.85. The van der Waals surface area contributed by atoms with Gasteiger partial charge < -0.3 is 4.90 Å². The minimum Gasteiger partial charge on any atom is -0.356 e. The lowest BCUT2D eigenvalue weighted by atomic mass is 9.98. The molecule has 0 atom stereocenters. The standard InChI is InChI=1S/C14H19FN4/c1-10-8-14(18-5-3-12(9-15)4-6-18)19-13(16-10)7-11(2)17-19/h7-8,12H,3-6,9H2,1-2H3. The summed E-state index contributed by atoms with van der Waals surface area (Å²) in [4.78, 5) is 6.79. The molecular weight excluding hydrogens is 243 g/mol. The fraction of sp³-hybridized carbons (Fsp3) is 0.571. The highest BCUT2D eigenvalue weighted by Crippen LogP contribution is 2.24. The molecule has 2 aromatic rings. The minimum absolute atomic E-state index is 0.195. The van der Waals surface area contributed by atoms with Crippen LogP contribution in [-0.2, 0) is 0 Å². The first kappa shape index (κ1) is 12.4. The van der Waals surface area contributed by atoms with E-state index in [1.165, 1.54) is 0 Å². The molecule has 102 valence electrons. The maximum absolute atomic E-state index is 12.7. The minimum atomic E-state index is -0.195.